The van der Waals surface area contributed by atoms with Gasteiger partial charge in [0.15, 0.2) is 0 Å². The second kappa shape index (κ2) is 7.77. The number of rotatable bonds is 3. The molecule has 0 unspecified atom stereocenters. The predicted octanol–water partition coefficient (Wildman–Crippen LogP) is 3.95. The zero-order chi connectivity index (χ0) is 18.7. The van der Waals surface area contributed by atoms with Crippen LogP contribution in [0.25, 0.3) is 10.8 Å². The van der Waals surface area contributed by atoms with Crippen LogP contribution in [0.1, 0.15) is 31.2 Å². The minimum Gasteiger partial charge on any atom is -0.496 e. The minimum atomic E-state index is 0.0203. The van der Waals surface area contributed by atoms with Crippen LogP contribution >= 0.6 is 0 Å². The number of piperidine rings is 1. The van der Waals surface area contributed by atoms with Gasteiger partial charge in [0.25, 0.3) is 0 Å². The van der Waals surface area contributed by atoms with E-state index in [9.17, 15) is 4.79 Å². The summed E-state index contributed by atoms with van der Waals surface area (Å²) in [6.45, 7) is 3.87. The van der Waals surface area contributed by atoms with E-state index in [1.807, 2.05) is 23.1 Å². The van der Waals surface area contributed by atoms with Gasteiger partial charge in [-0.3, -0.25) is 0 Å². The third-order valence-electron chi connectivity index (χ3n) is 6.30. The van der Waals surface area contributed by atoms with Crippen LogP contribution in [-0.4, -0.2) is 44.3 Å². The minimum absolute atomic E-state index is 0.0203. The predicted molar refractivity (Wildman–Crippen MR) is 106 cm³/mol. The third kappa shape index (κ3) is 3.74. The number of urea groups is 1. The summed E-state index contributed by atoms with van der Waals surface area (Å²) in [5.41, 5.74) is 1.43. The second-order valence-electron chi connectivity index (χ2n) is 7.73. The van der Waals surface area contributed by atoms with Gasteiger partial charge in [0, 0.05) is 38.4 Å². The van der Waals surface area contributed by atoms with Crippen LogP contribution in [0.15, 0.2) is 36.4 Å². The quantitative estimate of drug-likeness (QED) is 0.892. The van der Waals surface area contributed by atoms with Gasteiger partial charge in [-0.25, -0.2) is 4.79 Å². The van der Waals surface area contributed by atoms with Gasteiger partial charge >= 0.3 is 6.03 Å². The first-order valence-corrected chi connectivity index (χ1v) is 9.86. The molecule has 2 aromatic rings. The first kappa shape index (κ1) is 18.1. The Kier molecular flexibility index (Phi) is 5.21. The van der Waals surface area contributed by atoms with Crippen LogP contribution in [0.2, 0.25) is 0 Å². The van der Waals surface area contributed by atoms with Crippen molar-refractivity contribution >= 4 is 16.8 Å². The Morgan fingerprint density at radius 2 is 1.85 bits per heavy atom. The summed E-state index contributed by atoms with van der Waals surface area (Å²) in [7, 11) is 1.67. The molecule has 1 spiro atoms. The molecule has 2 aromatic carbocycles. The van der Waals surface area contributed by atoms with Gasteiger partial charge in [-0.15, -0.1) is 0 Å². The first-order valence-electron chi connectivity index (χ1n) is 9.86. The van der Waals surface area contributed by atoms with Crippen molar-refractivity contribution in [3.05, 3.63) is 42.0 Å². The number of methoxy groups -OCH3 is 1. The van der Waals surface area contributed by atoms with E-state index >= 15 is 0 Å². The molecule has 144 valence electrons. The van der Waals surface area contributed by atoms with E-state index in [0.29, 0.717) is 12.0 Å². The average Bonchev–Trinajstić information content (AvgIpc) is 2.72. The Hall–Kier alpha value is -2.27. The normalized spacial score (nSPS) is 19.2. The maximum atomic E-state index is 12.7. The van der Waals surface area contributed by atoms with Crippen molar-refractivity contribution in [1.82, 2.24) is 10.2 Å². The van der Waals surface area contributed by atoms with Crippen LogP contribution < -0.4 is 10.1 Å². The molecule has 2 aliphatic rings. The average molecular weight is 368 g/mol. The molecule has 0 bridgehead atoms. The third-order valence-corrected chi connectivity index (χ3v) is 6.30. The maximum Gasteiger partial charge on any atom is 0.317 e. The van der Waals surface area contributed by atoms with Crippen molar-refractivity contribution in [2.75, 3.05) is 33.4 Å². The molecular weight excluding hydrogens is 340 g/mol. The van der Waals surface area contributed by atoms with Crippen molar-refractivity contribution < 1.29 is 14.3 Å². The van der Waals surface area contributed by atoms with E-state index in [4.69, 9.17) is 9.47 Å². The molecule has 0 aromatic heterocycles. The van der Waals surface area contributed by atoms with E-state index in [1.54, 1.807) is 7.11 Å². The number of hydrogen-bond donors (Lipinski definition) is 1. The molecule has 0 atom stereocenters. The molecule has 2 amide bonds. The largest absolute Gasteiger partial charge is 0.496 e. The van der Waals surface area contributed by atoms with Gasteiger partial charge in [-0.05, 0) is 47.9 Å². The highest BCUT2D eigenvalue weighted by molar-refractivity contribution is 5.88. The lowest BCUT2D eigenvalue weighted by molar-refractivity contribution is -0.0145. The zero-order valence-corrected chi connectivity index (χ0v) is 16.0. The van der Waals surface area contributed by atoms with E-state index < -0.39 is 0 Å². The Labute approximate surface area is 160 Å². The summed E-state index contributed by atoms with van der Waals surface area (Å²) in [5, 5.41) is 5.39. The Balaban J connectivity index is 1.41. The molecule has 0 saturated carbocycles. The first-order chi connectivity index (χ1) is 13.2. The molecular formula is C22H28N2O3. The van der Waals surface area contributed by atoms with Crippen molar-refractivity contribution in [2.24, 2.45) is 5.41 Å². The number of hydrogen-bond acceptors (Lipinski definition) is 3. The number of ether oxygens (including phenoxy) is 2. The summed E-state index contributed by atoms with van der Waals surface area (Å²) in [6, 6.07) is 12.2. The van der Waals surface area contributed by atoms with E-state index in [2.05, 4.69) is 23.5 Å². The Morgan fingerprint density at radius 3 is 2.59 bits per heavy atom. The summed E-state index contributed by atoms with van der Waals surface area (Å²) < 4.78 is 11.0. The summed E-state index contributed by atoms with van der Waals surface area (Å²) >= 11 is 0. The van der Waals surface area contributed by atoms with E-state index in [1.165, 1.54) is 0 Å². The monoisotopic (exact) mass is 368 g/mol. The van der Waals surface area contributed by atoms with Crippen LogP contribution in [0, 0.1) is 5.41 Å². The fourth-order valence-electron chi connectivity index (χ4n) is 4.45. The second-order valence-corrected chi connectivity index (χ2v) is 7.73. The highest BCUT2D eigenvalue weighted by Crippen LogP contribution is 2.40. The fourth-order valence-corrected chi connectivity index (χ4v) is 4.45. The lowest BCUT2D eigenvalue weighted by Crippen LogP contribution is -2.48. The number of fused-ring (bicyclic) bond motifs is 1. The molecule has 2 fully saturated rings. The molecule has 0 radical (unpaired) electrons. The van der Waals surface area contributed by atoms with Crippen LogP contribution in [0.4, 0.5) is 4.79 Å². The molecule has 2 aliphatic heterocycles. The van der Waals surface area contributed by atoms with E-state index in [0.717, 1.165) is 74.1 Å². The molecule has 27 heavy (non-hydrogen) atoms. The van der Waals surface area contributed by atoms with Crippen LogP contribution in [-0.2, 0) is 11.3 Å². The number of amides is 2. The van der Waals surface area contributed by atoms with Gasteiger partial charge in [0.2, 0.25) is 0 Å². The number of carbonyl (C=O) groups is 1. The number of nitrogens with one attached hydrogen (secondary N) is 1. The molecule has 1 N–H and O–H groups in total. The number of benzene rings is 2. The SMILES string of the molecule is COc1ccc2ccccc2c1CNC(=O)N1CCC2(CCOCC2)CC1. The highest BCUT2D eigenvalue weighted by Gasteiger charge is 2.37. The van der Waals surface area contributed by atoms with Gasteiger partial charge in [-0.2, -0.15) is 0 Å². The summed E-state index contributed by atoms with van der Waals surface area (Å²) in [5.74, 6) is 0.814. The van der Waals surface area contributed by atoms with Crippen molar-refractivity contribution in [1.29, 1.82) is 0 Å². The summed E-state index contributed by atoms with van der Waals surface area (Å²) in [4.78, 5) is 14.7. The number of carbonyl (C=O) groups excluding carboxylic acids is 1. The van der Waals surface area contributed by atoms with Gasteiger partial charge in [-0.1, -0.05) is 30.3 Å². The molecule has 5 heteroatoms. The van der Waals surface area contributed by atoms with Gasteiger partial charge in [0.05, 0.1) is 7.11 Å². The topological polar surface area (TPSA) is 50.8 Å². The number of likely N-dealkylation sites (tertiary alicyclic amines) is 1. The van der Waals surface area contributed by atoms with Crippen LogP contribution in [0.3, 0.4) is 0 Å². The molecule has 0 aliphatic carbocycles. The zero-order valence-electron chi connectivity index (χ0n) is 16.0. The smallest absolute Gasteiger partial charge is 0.317 e. The van der Waals surface area contributed by atoms with Gasteiger partial charge < -0.3 is 19.7 Å². The Morgan fingerprint density at radius 1 is 1.11 bits per heavy atom. The molecule has 2 heterocycles. The maximum absolute atomic E-state index is 12.7. The lowest BCUT2D eigenvalue weighted by Gasteiger charge is -2.44. The number of nitrogens with zero attached hydrogens (tertiary/aromatic N) is 1. The standard InChI is InChI=1S/C22H28N2O3/c1-26-20-7-6-17-4-2-3-5-18(17)19(20)16-23-21(25)24-12-8-22(9-13-24)10-14-27-15-11-22/h2-7H,8-16H2,1H3,(H,23,25). The van der Waals surface area contributed by atoms with Crippen LogP contribution in [0.5, 0.6) is 5.75 Å². The fraction of sp³-hybridized carbons (Fsp3) is 0.500. The van der Waals surface area contributed by atoms with Gasteiger partial charge in [0.1, 0.15) is 5.75 Å². The van der Waals surface area contributed by atoms with Crippen molar-refractivity contribution in [3.63, 3.8) is 0 Å². The molecule has 2 saturated heterocycles. The van der Waals surface area contributed by atoms with Crippen molar-refractivity contribution in [3.8, 4) is 5.75 Å². The molecule has 4 rings (SSSR count). The molecule has 5 nitrogen and oxygen atoms in total. The summed E-state index contributed by atoms with van der Waals surface area (Å²) in [6.07, 6.45) is 4.44. The highest BCUT2D eigenvalue weighted by atomic mass is 16.5. The van der Waals surface area contributed by atoms with Crippen molar-refractivity contribution in [2.45, 2.75) is 32.2 Å². The Bertz CT molecular complexity index is 804. The lowest BCUT2D eigenvalue weighted by atomic mass is 9.72. The van der Waals surface area contributed by atoms with E-state index in [-0.39, 0.29) is 6.03 Å².